The molecule has 98 valence electrons. The topological polar surface area (TPSA) is 29.3 Å². The molecule has 1 atom stereocenters. The van der Waals surface area contributed by atoms with Gasteiger partial charge in [0.25, 0.3) is 0 Å². The molecule has 1 aromatic heterocycles. The van der Waals surface area contributed by atoms with Crippen LogP contribution in [0, 0.1) is 5.92 Å². The second kappa shape index (κ2) is 5.21. The first kappa shape index (κ1) is 14.2. The van der Waals surface area contributed by atoms with Crippen LogP contribution < -0.4 is 0 Å². The van der Waals surface area contributed by atoms with E-state index in [4.69, 9.17) is 4.52 Å². The molecule has 0 aromatic carbocycles. The summed E-state index contributed by atoms with van der Waals surface area (Å²) in [6.45, 7) is 14.0. The van der Waals surface area contributed by atoms with Gasteiger partial charge in [0.1, 0.15) is 5.76 Å². The van der Waals surface area contributed by atoms with Gasteiger partial charge >= 0.3 is 0 Å². The second-order valence-electron chi connectivity index (χ2n) is 6.33. The summed E-state index contributed by atoms with van der Waals surface area (Å²) in [4.78, 5) is 2.31. The van der Waals surface area contributed by atoms with Gasteiger partial charge in [0.05, 0.1) is 5.69 Å². The average molecular weight is 238 g/mol. The third-order valence-corrected chi connectivity index (χ3v) is 3.37. The summed E-state index contributed by atoms with van der Waals surface area (Å²) in [6.07, 6.45) is 0. The van der Waals surface area contributed by atoms with Crippen LogP contribution in [0.4, 0.5) is 0 Å². The van der Waals surface area contributed by atoms with Gasteiger partial charge in [-0.25, -0.2) is 0 Å². The van der Waals surface area contributed by atoms with E-state index in [0.717, 1.165) is 18.0 Å². The van der Waals surface area contributed by atoms with E-state index in [-0.39, 0.29) is 5.41 Å². The van der Waals surface area contributed by atoms with Gasteiger partial charge in [0.2, 0.25) is 0 Å². The summed E-state index contributed by atoms with van der Waals surface area (Å²) in [7, 11) is 2.14. The van der Waals surface area contributed by atoms with Crippen LogP contribution in [0.3, 0.4) is 0 Å². The van der Waals surface area contributed by atoms with E-state index in [1.165, 1.54) is 0 Å². The van der Waals surface area contributed by atoms with Crippen molar-refractivity contribution < 1.29 is 4.52 Å². The highest BCUT2D eigenvalue weighted by molar-refractivity contribution is 5.12. The molecule has 0 N–H and O–H groups in total. The van der Waals surface area contributed by atoms with Crippen LogP contribution in [0.2, 0.25) is 0 Å². The van der Waals surface area contributed by atoms with Crippen LogP contribution in [0.5, 0.6) is 0 Å². The maximum atomic E-state index is 5.39. The minimum Gasteiger partial charge on any atom is -0.361 e. The van der Waals surface area contributed by atoms with Crippen molar-refractivity contribution >= 4 is 0 Å². The summed E-state index contributed by atoms with van der Waals surface area (Å²) in [6, 6.07) is 2.62. The van der Waals surface area contributed by atoms with Crippen molar-refractivity contribution in [3.63, 3.8) is 0 Å². The normalized spacial score (nSPS) is 14.6. The third kappa shape index (κ3) is 3.84. The molecule has 0 spiro atoms. The number of hydrogen-bond donors (Lipinski definition) is 0. The molecule has 0 fully saturated rings. The number of rotatable bonds is 4. The van der Waals surface area contributed by atoms with Crippen LogP contribution in [0.15, 0.2) is 10.6 Å². The first-order valence-corrected chi connectivity index (χ1v) is 6.38. The van der Waals surface area contributed by atoms with Gasteiger partial charge < -0.3 is 4.52 Å². The average Bonchev–Trinajstić information content (AvgIpc) is 2.64. The predicted octanol–water partition coefficient (Wildman–Crippen LogP) is 3.45. The Morgan fingerprint density at radius 1 is 1.29 bits per heavy atom. The quantitative estimate of drug-likeness (QED) is 0.804. The molecule has 17 heavy (non-hydrogen) atoms. The zero-order valence-corrected chi connectivity index (χ0v) is 12.2. The molecule has 0 bridgehead atoms. The Balaban J connectivity index is 2.67. The Hall–Kier alpha value is -0.830. The van der Waals surface area contributed by atoms with Crippen molar-refractivity contribution in [1.29, 1.82) is 0 Å². The molecule has 0 aliphatic heterocycles. The zero-order valence-electron chi connectivity index (χ0n) is 12.2. The highest BCUT2D eigenvalue weighted by Gasteiger charge is 2.21. The first-order valence-electron chi connectivity index (χ1n) is 6.38. The molecule has 0 amide bonds. The van der Waals surface area contributed by atoms with Crippen LogP contribution in [0.25, 0.3) is 0 Å². The monoisotopic (exact) mass is 238 g/mol. The maximum Gasteiger partial charge on any atom is 0.142 e. The molecule has 3 heteroatoms. The lowest BCUT2D eigenvalue weighted by molar-refractivity contribution is 0.195. The van der Waals surface area contributed by atoms with E-state index in [0.29, 0.717) is 12.0 Å². The summed E-state index contributed by atoms with van der Waals surface area (Å²) in [5, 5.41) is 4.15. The lowest BCUT2D eigenvalue weighted by Crippen LogP contribution is -2.32. The predicted molar refractivity (Wildman–Crippen MR) is 71.0 cm³/mol. The van der Waals surface area contributed by atoms with Crippen molar-refractivity contribution in [3.8, 4) is 0 Å². The van der Waals surface area contributed by atoms with Gasteiger partial charge in [-0.3, -0.25) is 4.90 Å². The molecule has 0 aliphatic rings. The lowest BCUT2D eigenvalue weighted by atomic mass is 9.93. The molecule has 0 saturated heterocycles. The van der Waals surface area contributed by atoms with Gasteiger partial charge in [-0.1, -0.05) is 39.8 Å². The fraction of sp³-hybridized carbons (Fsp3) is 0.786. The second-order valence-corrected chi connectivity index (χ2v) is 6.33. The van der Waals surface area contributed by atoms with Gasteiger partial charge in [-0.15, -0.1) is 0 Å². The standard InChI is InChI=1S/C14H26N2O/c1-10(2)11(3)16(7)9-12-8-13(17-15-12)14(4,5)6/h8,10-11H,9H2,1-7H3/t11-/m0/s1. The van der Waals surface area contributed by atoms with Crippen LogP contribution in [-0.2, 0) is 12.0 Å². The van der Waals surface area contributed by atoms with Crippen LogP contribution in [-0.4, -0.2) is 23.1 Å². The molecule has 0 radical (unpaired) electrons. The molecular formula is C14H26N2O. The molecule has 0 unspecified atom stereocenters. The van der Waals surface area contributed by atoms with E-state index in [1.807, 2.05) is 0 Å². The van der Waals surface area contributed by atoms with E-state index >= 15 is 0 Å². The summed E-state index contributed by atoms with van der Waals surface area (Å²) < 4.78 is 5.39. The molecule has 0 aliphatic carbocycles. The SMILES string of the molecule is CC(C)[C@H](C)N(C)Cc1cc(C(C)(C)C)on1. The zero-order chi connectivity index (χ0) is 13.2. The molecular weight excluding hydrogens is 212 g/mol. The largest absolute Gasteiger partial charge is 0.361 e. The smallest absolute Gasteiger partial charge is 0.142 e. The number of nitrogens with zero attached hydrogens (tertiary/aromatic N) is 2. The maximum absolute atomic E-state index is 5.39. The van der Waals surface area contributed by atoms with Crippen molar-refractivity contribution in [1.82, 2.24) is 10.1 Å². The van der Waals surface area contributed by atoms with Gasteiger partial charge in [0, 0.05) is 24.1 Å². The lowest BCUT2D eigenvalue weighted by Gasteiger charge is -2.26. The Morgan fingerprint density at radius 2 is 1.88 bits per heavy atom. The van der Waals surface area contributed by atoms with E-state index in [2.05, 4.69) is 64.7 Å². The van der Waals surface area contributed by atoms with Crippen molar-refractivity contribution in [2.75, 3.05) is 7.05 Å². The van der Waals surface area contributed by atoms with Crippen LogP contribution in [0.1, 0.15) is 53.0 Å². The van der Waals surface area contributed by atoms with Crippen molar-refractivity contribution in [3.05, 3.63) is 17.5 Å². The molecule has 1 rings (SSSR count). The molecule has 1 heterocycles. The summed E-state index contributed by atoms with van der Waals surface area (Å²) in [5.41, 5.74) is 1.05. The van der Waals surface area contributed by atoms with Crippen molar-refractivity contribution in [2.24, 2.45) is 5.92 Å². The van der Waals surface area contributed by atoms with E-state index in [9.17, 15) is 0 Å². The van der Waals surface area contributed by atoms with Crippen LogP contribution >= 0.6 is 0 Å². The fourth-order valence-corrected chi connectivity index (χ4v) is 1.65. The van der Waals surface area contributed by atoms with E-state index < -0.39 is 0 Å². The molecule has 1 aromatic rings. The van der Waals surface area contributed by atoms with Gasteiger partial charge in [0.15, 0.2) is 0 Å². The Labute approximate surface area is 105 Å². The first-order chi connectivity index (χ1) is 7.71. The number of hydrogen-bond acceptors (Lipinski definition) is 3. The Kier molecular flexibility index (Phi) is 4.36. The third-order valence-electron chi connectivity index (χ3n) is 3.37. The fourth-order valence-electron chi connectivity index (χ4n) is 1.65. The van der Waals surface area contributed by atoms with E-state index in [1.54, 1.807) is 0 Å². The Morgan fingerprint density at radius 3 is 2.29 bits per heavy atom. The minimum absolute atomic E-state index is 0.0352. The van der Waals surface area contributed by atoms with Gasteiger partial charge in [-0.05, 0) is 19.9 Å². The van der Waals surface area contributed by atoms with Crippen molar-refractivity contribution in [2.45, 2.75) is 59.5 Å². The summed E-state index contributed by atoms with van der Waals surface area (Å²) in [5.74, 6) is 1.60. The highest BCUT2D eigenvalue weighted by Crippen LogP contribution is 2.23. The minimum atomic E-state index is 0.0352. The number of aromatic nitrogens is 1. The van der Waals surface area contributed by atoms with Gasteiger partial charge in [-0.2, -0.15) is 0 Å². The molecule has 3 nitrogen and oxygen atoms in total. The summed E-state index contributed by atoms with van der Waals surface area (Å²) >= 11 is 0. The molecule has 0 saturated carbocycles. The highest BCUT2D eigenvalue weighted by atomic mass is 16.5. The Bertz CT molecular complexity index is 349.